The number of nitrogens with zero attached hydrogens (tertiary/aromatic N) is 1. The highest BCUT2D eigenvalue weighted by Crippen LogP contribution is 2.25. The highest BCUT2D eigenvalue weighted by atomic mass is 35.5. The number of halogens is 1. The second-order valence-electron chi connectivity index (χ2n) is 7.53. The molecule has 0 aliphatic heterocycles. The number of hydrogen-bond acceptors (Lipinski definition) is 3. The number of anilines is 1. The zero-order valence-corrected chi connectivity index (χ0v) is 18.1. The molecule has 0 aromatic heterocycles. The predicted molar refractivity (Wildman–Crippen MR) is 119 cm³/mol. The van der Waals surface area contributed by atoms with Crippen molar-refractivity contribution in [2.45, 2.75) is 32.1 Å². The molecule has 0 spiro atoms. The van der Waals surface area contributed by atoms with Crippen molar-refractivity contribution < 1.29 is 9.59 Å². The summed E-state index contributed by atoms with van der Waals surface area (Å²) in [6.45, 7) is 3.47. The summed E-state index contributed by atoms with van der Waals surface area (Å²) < 4.78 is 0. The quantitative estimate of drug-likeness (QED) is 0.571. The maximum absolute atomic E-state index is 12.6. The van der Waals surface area contributed by atoms with E-state index in [0.29, 0.717) is 17.3 Å². The lowest BCUT2D eigenvalue weighted by atomic mass is 9.91. The number of carbonyl (C=O) groups excluding carboxylic acids is 2. The van der Waals surface area contributed by atoms with Crippen LogP contribution in [-0.4, -0.2) is 43.9 Å². The molecule has 5 nitrogen and oxygen atoms in total. The van der Waals surface area contributed by atoms with Crippen molar-refractivity contribution in [3.8, 4) is 0 Å². The van der Waals surface area contributed by atoms with Crippen molar-refractivity contribution in [3.63, 3.8) is 0 Å². The molecule has 0 heterocycles. The van der Waals surface area contributed by atoms with Crippen LogP contribution in [0.25, 0.3) is 0 Å². The minimum absolute atomic E-state index is 0.0382. The number of hydrogen-bond donors (Lipinski definition) is 2. The van der Waals surface area contributed by atoms with E-state index >= 15 is 0 Å². The molecule has 156 valence electrons. The lowest BCUT2D eigenvalue weighted by molar-refractivity contribution is -0.121. The zero-order chi connectivity index (χ0) is 21.2. The van der Waals surface area contributed by atoms with Gasteiger partial charge in [0.1, 0.15) is 0 Å². The van der Waals surface area contributed by atoms with Crippen LogP contribution in [0.15, 0.2) is 48.5 Å². The van der Waals surface area contributed by atoms with E-state index in [2.05, 4.69) is 15.5 Å². The first kappa shape index (κ1) is 22.9. The Morgan fingerprint density at radius 2 is 1.72 bits per heavy atom. The molecule has 0 radical (unpaired) electrons. The second kappa shape index (κ2) is 11.6. The monoisotopic (exact) mass is 415 g/mol. The molecule has 0 aliphatic carbocycles. The summed E-state index contributed by atoms with van der Waals surface area (Å²) in [5, 5.41) is 6.46. The van der Waals surface area contributed by atoms with Crippen LogP contribution in [0.5, 0.6) is 0 Å². The van der Waals surface area contributed by atoms with Crippen molar-refractivity contribution in [2.24, 2.45) is 0 Å². The SMILES string of the molecule is Cc1ccc(NC(=O)CC(CC(=O)NCCCN(C)C)c2ccccc2)cc1Cl. The van der Waals surface area contributed by atoms with Gasteiger partial charge in [-0.05, 0) is 57.2 Å². The minimum Gasteiger partial charge on any atom is -0.356 e. The Kier molecular flexibility index (Phi) is 9.16. The highest BCUT2D eigenvalue weighted by molar-refractivity contribution is 6.31. The molecule has 0 saturated carbocycles. The minimum atomic E-state index is -0.189. The average molecular weight is 416 g/mol. The third-order valence-corrected chi connectivity index (χ3v) is 5.10. The third-order valence-electron chi connectivity index (χ3n) is 4.69. The molecular weight excluding hydrogens is 386 g/mol. The number of amides is 2. The third kappa shape index (κ3) is 8.26. The molecule has 0 aliphatic rings. The molecule has 0 saturated heterocycles. The van der Waals surface area contributed by atoms with Crippen LogP contribution in [0.3, 0.4) is 0 Å². The van der Waals surface area contributed by atoms with Crippen molar-refractivity contribution in [1.82, 2.24) is 10.2 Å². The van der Waals surface area contributed by atoms with E-state index in [-0.39, 0.29) is 30.6 Å². The number of carbonyl (C=O) groups is 2. The van der Waals surface area contributed by atoms with E-state index in [1.54, 1.807) is 6.07 Å². The number of nitrogens with one attached hydrogen (secondary N) is 2. The van der Waals surface area contributed by atoms with Gasteiger partial charge in [-0.2, -0.15) is 0 Å². The maximum Gasteiger partial charge on any atom is 0.225 e. The maximum atomic E-state index is 12.6. The van der Waals surface area contributed by atoms with E-state index in [9.17, 15) is 9.59 Å². The van der Waals surface area contributed by atoms with Crippen molar-refractivity contribution >= 4 is 29.1 Å². The average Bonchev–Trinajstić information content (AvgIpc) is 2.68. The van der Waals surface area contributed by atoms with E-state index in [1.807, 2.05) is 63.5 Å². The van der Waals surface area contributed by atoms with Crippen LogP contribution >= 0.6 is 11.6 Å². The lowest BCUT2D eigenvalue weighted by Gasteiger charge is -2.18. The van der Waals surface area contributed by atoms with Crippen LogP contribution in [0.4, 0.5) is 5.69 Å². The molecule has 2 aromatic carbocycles. The number of benzene rings is 2. The van der Waals surface area contributed by atoms with Gasteiger partial charge < -0.3 is 15.5 Å². The van der Waals surface area contributed by atoms with Crippen LogP contribution < -0.4 is 10.6 Å². The van der Waals surface area contributed by atoms with Crippen molar-refractivity contribution in [1.29, 1.82) is 0 Å². The highest BCUT2D eigenvalue weighted by Gasteiger charge is 2.20. The van der Waals surface area contributed by atoms with Gasteiger partial charge in [-0.25, -0.2) is 0 Å². The van der Waals surface area contributed by atoms with Crippen molar-refractivity contribution in [3.05, 3.63) is 64.7 Å². The summed E-state index contributed by atoms with van der Waals surface area (Å²) in [5.41, 5.74) is 2.59. The fourth-order valence-electron chi connectivity index (χ4n) is 3.06. The second-order valence-corrected chi connectivity index (χ2v) is 7.94. The first-order valence-electron chi connectivity index (χ1n) is 9.87. The Bertz CT molecular complexity index is 809. The summed E-state index contributed by atoms with van der Waals surface area (Å²) in [5.74, 6) is -0.367. The Hall–Kier alpha value is -2.37. The van der Waals surface area contributed by atoms with Gasteiger partial charge in [-0.15, -0.1) is 0 Å². The largest absolute Gasteiger partial charge is 0.356 e. The fourth-order valence-corrected chi connectivity index (χ4v) is 3.24. The first-order chi connectivity index (χ1) is 13.8. The topological polar surface area (TPSA) is 61.4 Å². The zero-order valence-electron chi connectivity index (χ0n) is 17.4. The molecule has 6 heteroatoms. The standard InChI is InChI=1S/C23H30ClN3O2/c1-17-10-11-20(16-21(17)24)26-23(29)15-19(18-8-5-4-6-9-18)14-22(28)25-12-7-13-27(2)3/h4-6,8-11,16,19H,7,12-15H2,1-3H3,(H,25,28)(H,26,29). The van der Waals surface area contributed by atoms with Gasteiger partial charge in [0.05, 0.1) is 0 Å². The van der Waals surface area contributed by atoms with Gasteiger partial charge in [0.25, 0.3) is 0 Å². The molecule has 1 atom stereocenters. The molecule has 2 amide bonds. The van der Waals surface area contributed by atoms with Gasteiger partial charge >= 0.3 is 0 Å². The Morgan fingerprint density at radius 3 is 2.38 bits per heavy atom. The van der Waals surface area contributed by atoms with Crippen LogP contribution in [0.1, 0.15) is 36.3 Å². The molecule has 0 bridgehead atoms. The molecular formula is C23H30ClN3O2. The van der Waals surface area contributed by atoms with Gasteiger partial charge in [0.15, 0.2) is 0 Å². The van der Waals surface area contributed by atoms with E-state index in [4.69, 9.17) is 11.6 Å². The Labute approximate surface area is 178 Å². The summed E-state index contributed by atoms with van der Waals surface area (Å²) >= 11 is 6.14. The summed E-state index contributed by atoms with van der Waals surface area (Å²) in [7, 11) is 4.01. The van der Waals surface area contributed by atoms with E-state index < -0.39 is 0 Å². The van der Waals surface area contributed by atoms with Gasteiger partial charge in [-0.1, -0.05) is 48.0 Å². The van der Waals surface area contributed by atoms with Crippen LogP contribution in [0.2, 0.25) is 5.02 Å². The Morgan fingerprint density at radius 1 is 1.03 bits per heavy atom. The smallest absolute Gasteiger partial charge is 0.225 e. The lowest BCUT2D eigenvalue weighted by Crippen LogP contribution is -2.29. The fraction of sp³-hybridized carbons (Fsp3) is 0.391. The van der Waals surface area contributed by atoms with Crippen LogP contribution in [-0.2, 0) is 9.59 Å². The van der Waals surface area contributed by atoms with E-state index in [0.717, 1.165) is 24.1 Å². The van der Waals surface area contributed by atoms with Crippen LogP contribution in [0, 0.1) is 6.92 Å². The van der Waals surface area contributed by atoms with E-state index in [1.165, 1.54) is 0 Å². The van der Waals surface area contributed by atoms with Gasteiger partial charge in [0, 0.05) is 36.0 Å². The summed E-state index contributed by atoms with van der Waals surface area (Å²) in [4.78, 5) is 27.1. The molecule has 1 unspecified atom stereocenters. The summed E-state index contributed by atoms with van der Waals surface area (Å²) in [6.07, 6.45) is 1.39. The molecule has 2 N–H and O–H groups in total. The Balaban J connectivity index is 1.97. The van der Waals surface area contributed by atoms with Crippen molar-refractivity contribution in [2.75, 3.05) is 32.5 Å². The van der Waals surface area contributed by atoms with Gasteiger partial charge in [-0.3, -0.25) is 9.59 Å². The molecule has 29 heavy (non-hydrogen) atoms. The first-order valence-corrected chi connectivity index (χ1v) is 10.3. The normalized spacial score (nSPS) is 11.9. The predicted octanol–water partition coefficient (Wildman–Crippen LogP) is 4.22. The molecule has 0 fully saturated rings. The summed E-state index contributed by atoms with van der Waals surface area (Å²) in [6, 6.07) is 15.1. The molecule has 2 aromatic rings. The number of aryl methyl sites for hydroxylation is 1. The van der Waals surface area contributed by atoms with Gasteiger partial charge in [0.2, 0.25) is 11.8 Å². The molecule has 2 rings (SSSR count). The number of rotatable bonds is 10.